The average Bonchev–Trinajstić information content (AvgIpc) is 2.46. The van der Waals surface area contributed by atoms with E-state index in [0.717, 1.165) is 12.1 Å². The lowest BCUT2D eigenvalue weighted by Crippen LogP contribution is -2.39. The summed E-state index contributed by atoms with van der Waals surface area (Å²) in [7, 11) is 0. The van der Waals surface area contributed by atoms with Gasteiger partial charge in [0.2, 0.25) is 5.91 Å². The Hall–Kier alpha value is -1.59. The maximum Gasteiger partial charge on any atom is 0.225 e. The third kappa shape index (κ3) is 3.94. The first-order valence-electron chi connectivity index (χ1n) is 6.59. The van der Waals surface area contributed by atoms with Crippen LogP contribution >= 0.6 is 0 Å². The average molecular weight is 264 g/mol. The second kappa shape index (κ2) is 7.11. The van der Waals surface area contributed by atoms with Gasteiger partial charge in [0.05, 0.1) is 25.7 Å². The number of para-hydroxylation sites is 1. The van der Waals surface area contributed by atoms with E-state index in [1.807, 2.05) is 24.3 Å². The van der Waals surface area contributed by atoms with Gasteiger partial charge in [0, 0.05) is 18.8 Å². The standard InChI is InChI=1S/C14H20N2O3/c17-6-8-19-7-5-15-14(18)12-9-11-3-1-2-4-13(11)16-10-12/h1-4,12,16-17H,5-10H2,(H,15,18). The largest absolute Gasteiger partial charge is 0.394 e. The van der Waals surface area contributed by atoms with E-state index in [4.69, 9.17) is 9.84 Å². The molecule has 2 rings (SSSR count). The highest BCUT2D eigenvalue weighted by molar-refractivity contribution is 5.80. The zero-order chi connectivity index (χ0) is 13.5. The smallest absolute Gasteiger partial charge is 0.225 e. The summed E-state index contributed by atoms with van der Waals surface area (Å²) in [6.45, 7) is 1.91. The molecule has 1 aromatic carbocycles. The molecule has 0 radical (unpaired) electrons. The van der Waals surface area contributed by atoms with Gasteiger partial charge < -0.3 is 20.5 Å². The fourth-order valence-corrected chi connectivity index (χ4v) is 2.18. The van der Waals surface area contributed by atoms with Crippen LogP contribution in [0.4, 0.5) is 5.69 Å². The predicted molar refractivity (Wildman–Crippen MR) is 73.0 cm³/mol. The Kier molecular flexibility index (Phi) is 5.18. The Bertz CT molecular complexity index is 423. The Balaban J connectivity index is 1.76. The van der Waals surface area contributed by atoms with Crippen molar-refractivity contribution in [3.8, 4) is 0 Å². The number of benzene rings is 1. The number of carbonyl (C=O) groups is 1. The molecule has 1 aliphatic heterocycles. The van der Waals surface area contributed by atoms with E-state index in [9.17, 15) is 4.79 Å². The van der Waals surface area contributed by atoms with Crippen LogP contribution in [0.2, 0.25) is 0 Å². The maximum atomic E-state index is 12.0. The van der Waals surface area contributed by atoms with Gasteiger partial charge in [-0.25, -0.2) is 0 Å². The van der Waals surface area contributed by atoms with Gasteiger partial charge in [-0.15, -0.1) is 0 Å². The Morgan fingerprint density at radius 2 is 2.26 bits per heavy atom. The summed E-state index contributed by atoms with van der Waals surface area (Å²) in [6, 6.07) is 8.06. The molecule has 0 aliphatic carbocycles. The Morgan fingerprint density at radius 3 is 3.11 bits per heavy atom. The van der Waals surface area contributed by atoms with Gasteiger partial charge in [0.15, 0.2) is 0 Å². The fourth-order valence-electron chi connectivity index (χ4n) is 2.18. The molecule has 0 bridgehead atoms. The molecule has 0 saturated carbocycles. The summed E-state index contributed by atoms with van der Waals surface area (Å²) in [5.41, 5.74) is 2.31. The van der Waals surface area contributed by atoms with Crippen LogP contribution < -0.4 is 10.6 Å². The van der Waals surface area contributed by atoms with Gasteiger partial charge in [0.1, 0.15) is 0 Å². The van der Waals surface area contributed by atoms with E-state index in [1.165, 1.54) is 5.56 Å². The number of fused-ring (bicyclic) bond motifs is 1. The molecule has 104 valence electrons. The number of nitrogens with one attached hydrogen (secondary N) is 2. The maximum absolute atomic E-state index is 12.0. The number of aliphatic hydroxyl groups is 1. The monoisotopic (exact) mass is 264 g/mol. The van der Waals surface area contributed by atoms with Crippen molar-refractivity contribution in [2.75, 3.05) is 38.2 Å². The summed E-state index contributed by atoms with van der Waals surface area (Å²) in [5, 5.41) is 14.7. The van der Waals surface area contributed by atoms with Crippen molar-refractivity contribution in [3.63, 3.8) is 0 Å². The third-order valence-corrected chi connectivity index (χ3v) is 3.17. The van der Waals surface area contributed by atoms with Crippen LogP contribution in [0, 0.1) is 5.92 Å². The molecule has 3 N–H and O–H groups in total. The van der Waals surface area contributed by atoms with Crippen molar-refractivity contribution < 1.29 is 14.6 Å². The molecule has 0 spiro atoms. The van der Waals surface area contributed by atoms with Crippen LogP contribution in [-0.4, -0.2) is 43.9 Å². The first-order valence-corrected chi connectivity index (χ1v) is 6.59. The molecule has 0 saturated heterocycles. The molecule has 1 atom stereocenters. The molecule has 5 heteroatoms. The highest BCUT2D eigenvalue weighted by Gasteiger charge is 2.23. The third-order valence-electron chi connectivity index (χ3n) is 3.17. The summed E-state index contributed by atoms with van der Waals surface area (Å²) >= 11 is 0. The minimum atomic E-state index is -0.0345. The van der Waals surface area contributed by atoms with Gasteiger partial charge in [0.25, 0.3) is 0 Å². The number of anilines is 1. The van der Waals surface area contributed by atoms with Crippen molar-refractivity contribution >= 4 is 11.6 Å². The van der Waals surface area contributed by atoms with Gasteiger partial charge in [-0.1, -0.05) is 18.2 Å². The Labute approximate surface area is 113 Å². The molecule has 1 amide bonds. The molecular weight excluding hydrogens is 244 g/mol. The molecule has 1 heterocycles. The highest BCUT2D eigenvalue weighted by Crippen LogP contribution is 2.24. The van der Waals surface area contributed by atoms with Crippen LogP contribution in [0.3, 0.4) is 0 Å². The van der Waals surface area contributed by atoms with Crippen molar-refractivity contribution in [3.05, 3.63) is 29.8 Å². The summed E-state index contributed by atoms with van der Waals surface area (Å²) in [4.78, 5) is 12.0. The summed E-state index contributed by atoms with van der Waals surface area (Å²) < 4.78 is 5.10. The normalized spacial score (nSPS) is 17.4. The molecular formula is C14H20N2O3. The number of carbonyl (C=O) groups excluding carboxylic acids is 1. The molecule has 1 aromatic rings. The highest BCUT2D eigenvalue weighted by atomic mass is 16.5. The Morgan fingerprint density at radius 1 is 1.42 bits per heavy atom. The minimum Gasteiger partial charge on any atom is -0.394 e. The number of ether oxygens (including phenoxy) is 1. The second-order valence-electron chi connectivity index (χ2n) is 4.57. The first kappa shape index (κ1) is 13.8. The second-order valence-corrected chi connectivity index (χ2v) is 4.57. The van der Waals surface area contributed by atoms with Crippen LogP contribution in [0.5, 0.6) is 0 Å². The SMILES string of the molecule is O=C(NCCOCCO)C1CNc2ccccc2C1. The molecule has 0 aromatic heterocycles. The molecule has 0 fully saturated rings. The lowest BCUT2D eigenvalue weighted by Gasteiger charge is -2.25. The molecule has 1 unspecified atom stereocenters. The molecule has 5 nitrogen and oxygen atoms in total. The minimum absolute atomic E-state index is 0.0112. The molecule has 19 heavy (non-hydrogen) atoms. The first-order chi connectivity index (χ1) is 9.31. The van der Waals surface area contributed by atoms with Gasteiger partial charge in [-0.05, 0) is 18.1 Å². The van der Waals surface area contributed by atoms with E-state index >= 15 is 0 Å². The number of aliphatic hydroxyl groups excluding tert-OH is 1. The van der Waals surface area contributed by atoms with Crippen LogP contribution in [-0.2, 0) is 16.0 Å². The number of hydrogen-bond acceptors (Lipinski definition) is 4. The fraction of sp³-hybridized carbons (Fsp3) is 0.500. The van der Waals surface area contributed by atoms with Gasteiger partial charge >= 0.3 is 0 Å². The summed E-state index contributed by atoms with van der Waals surface area (Å²) in [6.07, 6.45) is 0.770. The number of hydrogen-bond donors (Lipinski definition) is 3. The molecule has 1 aliphatic rings. The van der Waals surface area contributed by atoms with Crippen LogP contribution in [0.15, 0.2) is 24.3 Å². The quantitative estimate of drug-likeness (QED) is 0.650. The van der Waals surface area contributed by atoms with Crippen molar-refractivity contribution in [1.29, 1.82) is 0 Å². The summed E-state index contributed by atoms with van der Waals surface area (Å²) in [5.74, 6) is 0.0161. The van der Waals surface area contributed by atoms with Crippen LogP contribution in [0.1, 0.15) is 5.56 Å². The van der Waals surface area contributed by atoms with E-state index in [1.54, 1.807) is 0 Å². The van der Waals surface area contributed by atoms with Gasteiger partial charge in [-0.3, -0.25) is 4.79 Å². The van der Waals surface area contributed by atoms with Crippen molar-refractivity contribution in [1.82, 2.24) is 5.32 Å². The lowest BCUT2D eigenvalue weighted by molar-refractivity contribution is -0.124. The van der Waals surface area contributed by atoms with E-state index in [0.29, 0.717) is 26.3 Å². The van der Waals surface area contributed by atoms with Crippen LogP contribution in [0.25, 0.3) is 0 Å². The predicted octanol–water partition coefficient (Wildman–Crippen LogP) is 0.396. The zero-order valence-electron chi connectivity index (χ0n) is 10.9. The van der Waals surface area contributed by atoms with E-state index in [2.05, 4.69) is 10.6 Å². The van der Waals surface area contributed by atoms with Crippen molar-refractivity contribution in [2.45, 2.75) is 6.42 Å². The number of amides is 1. The van der Waals surface area contributed by atoms with Gasteiger partial charge in [-0.2, -0.15) is 0 Å². The van der Waals surface area contributed by atoms with E-state index < -0.39 is 0 Å². The zero-order valence-corrected chi connectivity index (χ0v) is 10.9. The van der Waals surface area contributed by atoms with E-state index in [-0.39, 0.29) is 18.4 Å². The van der Waals surface area contributed by atoms with Crippen molar-refractivity contribution in [2.24, 2.45) is 5.92 Å². The lowest BCUT2D eigenvalue weighted by atomic mass is 9.93. The number of rotatable bonds is 6. The topological polar surface area (TPSA) is 70.6 Å².